The molecule has 5 atom stereocenters. The molecule has 2 saturated heterocycles. The van der Waals surface area contributed by atoms with Gasteiger partial charge in [0.1, 0.15) is 29.8 Å². The molecule has 0 saturated carbocycles. The van der Waals surface area contributed by atoms with Gasteiger partial charge < -0.3 is 25.3 Å². The summed E-state index contributed by atoms with van der Waals surface area (Å²) >= 11 is 0. The molecular formula is C49H62N4O6Si. The lowest BCUT2D eigenvalue weighted by Crippen LogP contribution is -2.68. The Morgan fingerprint density at radius 3 is 2.10 bits per heavy atom. The molecule has 11 heteroatoms. The molecule has 0 radical (unpaired) electrons. The number of benzene rings is 4. The molecule has 4 aromatic carbocycles. The highest BCUT2D eigenvalue weighted by Gasteiger charge is 2.51. The van der Waals surface area contributed by atoms with Crippen LogP contribution in [0.3, 0.4) is 0 Å². The fourth-order valence-corrected chi connectivity index (χ4v) is 13.6. The standard InChI is InChI=1S/C49H62N4O6Si/c1-7-49(6)47(58)51-41(33-36-23-19-22-35-21-17-18-28-39(35)36)46(57)53-32-20-30-42(53)45(56)50-40(44(55)52-49)29-15-10-16-31-43(54)34(2)59-60(48(3,4)5,37-24-11-8-12-25-37)38-26-13-9-14-27-38/h8-9,11-14,17-19,21-28,34,40-42H,7,10,15-16,20,29-33H2,1-6H3,(H,50,56)(H,51,58)(H,52,55)/t34-,40+,41?,42-,49+/m1/s1. The number of hydrogen-bond acceptors (Lipinski definition) is 6. The van der Waals surface area contributed by atoms with Gasteiger partial charge in [-0.1, -0.05) is 144 Å². The average Bonchev–Trinajstić information content (AvgIpc) is 3.74. The number of nitrogens with one attached hydrogen (secondary N) is 3. The minimum absolute atomic E-state index is 0.0227. The van der Waals surface area contributed by atoms with Crippen LogP contribution in [-0.2, 0) is 34.8 Å². The van der Waals surface area contributed by atoms with Gasteiger partial charge in [-0.05, 0) is 77.7 Å². The topological polar surface area (TPSA) is 134 Å². The van der Waals surface area contributed by atoms with Crippen LogP contribution in [0.15, 0.2) is 103 Å². The predicted molar refractivity (Wildman–Crippen MR) is 239 cm³/mol. The number of fused-ring (bicyclic) bond motifs is 2. The van der Waals surface area contributed by atoms with E-state index in [1.165, 1.54) is 0 Å². The third-order valence-electron chi connectivity index (χ3n) is 12.6. The number of carbonyl (C=O) groups is 5. The highest BCUT2D eigenvalue weighted by molar-refractivity contribution is 6.99. The highest BCUT2D eigenvalue weighted by Crippen LogP contribution is 2.38. The summed E-state index contributed by atoms with van der Waals surface area (Å²) in [7, 11) is -2.91. The second kappa shape index (κ2) is 19.1. The Hall–Kier alpha value is -5.13. The molecule has 2 aliphatic rings. The van der Waals surface area contributed by atoms with Crippen molar-refractivity contribution < 1.29 is 28.4 Å². The monoisotopic (exact) mass is 830 g/mol. The minimum atomic E-state index is -2.91. The molecule has 1 unspecified atom stereocenters. The van der Waals surface area contributed by atoms with Crippen molar-refractivity contribution in [2.24, 2.45) is 0 Å². The van der Waals surface area contributed by atoms with Gasteiger partial charge >= 0.3 is 0 Å². The van der Waals surface area contributed by atoms with Crippen molar-refractivity contribution in [2.45, 2.75) is 134 Å². The molecule has 2 heterocycles. The summed E-state index contributed by atoms with van der Waals surface area (Å²) in [5.41, 5.74) is -0.432. The van der Waals surface area contributed by atoms with E-state index in [9.17, 15) is 24.0 Å². The van der Waals surface area contributed by atoms with Gasteiger partial charge in [-0.3, -0.25) is 24.0 Å². The quantitative estimate of drug-likeness (QED) is 0.104. The van der Waals surface area contributed by atoms with Crippen LogP contribution in [0.5, 0.6) is 0 Å². The van der Waals surface area contributed by atoms with Gasteiger partial charge in [0.15, 0.2) is 5.78 Å². The van der Waals surface area contributed by atoms with Crippen molar-refractivity contribution in [3.8, 4) is 0 Å². The Balaban J connectivity index is 1.12. The van der Waals surface area contributed by atoms with Crippen molar-refractivity contribution >= 4 is 58.9 Å². The number of ketones is 1. The van der Waals surface area contributed by atoms with E-state index in [0.717, 1.165) is 26.7 Å². The van der Waals surface area contributed by atoms with Crippen molar-refractivity contribution in [1.29, 1.82) is 0 Å². The molecule has 4 aromatic rings. The number of nitrogens with zero attached hydrogens (tertiary/aromatic N) is 1. The van der Waals surface area contributed by atoms with Gasteiger partial charge in [-0.15, -0.1) is 0 Å². The Morgan fingerprint density at radius 2 is 1.45 bits per heavy atom. The summed E-state index contributed by atoms with van der Waals surface area (Å²) in [5.74, 6) is -1.57. The molecule has 2 aliphatic heterocycles. The maximum Gasteiger partial charge on any atom is 0.262 e. The van der Waals surface area contributed by atoms with E-state index in [1.807, 2.05) is 92.7 Å². The van der Waals surface area contributed by atoms with Gasteiger partial charge in [-0.2, -0.15) is 0 Å². The van der Waals surface area contributed by atoms with E-state index < -0.39 is 49.9 Å². The molecule has 3 N–H and O–H groups in total. The summed E-state index contributed by atoms with van der Waals surface area (Å²) in [5, 5.41) is 12.9. The summed E-state index contributed by atoms with van der Waals surface area (Å²) in [6, 6.07) is 31.7. The first-order chi connectivity index (χ1) is 28.7. The first-order valence-electron chi connectivity index (χ1n) is 21.7. The molecule has 4 amide bonds. The van der Waals surface area contributed by atoms with E-state index in [1.54, 1.807) is 11.8 Å². The van der Waals surface area contributed by atoms with Crippen LogP contribution in [0.1, 0.15) is 98.5 Å². The summed E-state index contributed by atoms with van der Waals surface area (Å²) in [6.07, 6.45) is 3.39. The van der Waals surface area contributed by atoms with E-state index in [0.29, 0.717) is 51.5 Å². The van der Waals surface area contributed by atoms with Crippen LogP contribution in [0.25, 0.3) is 10.8 Å². The van der Waals surface area contributed by atoms with Crippen LogP contribution in [0, 0.1) is 0 Å². The molecule has 318 valence electrons. The van der Waals surface area contributed by atoms with E-state index >= 15 is 0 Å². The first kappa shape index (κ1) is 44.4. The zero-order valence-corrected chi connectivity index (χ0v) is 37.1. The van der Waals surface area contributed by atoms with Gasteiger partial charge in [0.2, 0.25) is 23.6 Å². The van der Waals surface area contributed by atoms with Crippen LogP contribution in [0.4, 0.5) is 0 Å². The molecule has 10 nitrogen and oxygen atoms in total. The molecule has 0 bridgehead atoms. The second-order valence-electron chi connectivity index (χ2n) is 17.8. The zero-order valence-electron chi connectivity index (χ0n) is 36.1. The smallest absolute Gasteiger partial charge is 0.262 e. The Bertz CT molecular complexity index is 2110. The normalized spacial score (nSPS) is 22.2. The third kappa shape index (κ3) is 9.58. The predicted octanol–water partition coefficient (Wildman–Crippen LogP) is 6.13. The number of amides is 4. The van der Waals surface area contributed by atoms with Crippen molar-refractivity contribution in [3.63, 3.8) is 0 Å². The fraction of sp³-hybridized carbons (Fsp3) is 0.449. The summed E-state index contributed by atoms with van der Waals surface area (Å²) in [4.78, 5) is 71.8. The number of rotatable bonds is 14. The molecule has 0 aliphatic carbocycles. The molecule has 0 aromatic heterocycles. The van der Waals surface area contributed by atoms with E-state index in [2.05, 4.69) is 61.0 Å². The zero-order chi connectivity index (χ0) is 43.1. The van der Waals surface area contributed by atoms with E-state index in [4.69, 9.17) is 4.43 Å². The van der Waals surface area contributed by atoms with Gasteiger partial charge in [0, 0.05) is 19.4 Å². The van der Waals surface area contributed by atoms with Gasteiger partial charge in [-0.25, -0.2) is 0 Å². The largest absolute Gasteiger partial charge is 0.398 e. The molecule has 2 fully saturated rings. The second-order valence-corrected chi connectivity index (χ2v) is 22.0. The third-order valence-corrected chi connectivity index (χ3v) is 17.7. The molecule has 0 spiro atoms. The first-order valence-corrected chi connectivity index (χ1v) is 23.6. The van der Waals surface area contributed by atoms with Crippen LogP contribution < -0.4 is 26.3 Å². The fourth-order valence-electron chi connectivity index (χ4n) is 8.96. The Morgan fingerprint density at radius 1 is 0.817 bits per heavy atom. The number of carbonyl (C=O) groups excluding carboxylic acids is 5. The SMILES string of the molecule is CC[C@]1(C)NC(=O)[C@H](CCCCCC(=O)[C@@H](C)O[Si](c2ccccc2)(c2ccccc2)C(C)(C)C)NC(=O)[C@H]2CCCN2C(=O)C(Cc2cccc3ccccc23)NC1=O. The maximum absolute atomic E-state index is 14.3. The van der Waals surface area contributed by atoms with Crippen molar-refractivity contribution in [2.75, 3.05) is 6.54 Å². The summed E-state index contributed by atoms with van der Waals surface area (Å²) in [6.45, 7) is 12.3. The van der Waals surface area contributed by atoms with Gasteiger partial charge in [0.25, 0.3) is 8.32 Å². The summed E-state index contributed by atoms with van der Waals surface area (Å²) < 4.78 is 7.04. The number of Topliss-reactive ketones (excluding diaryl/α,β-unsaturated/α-hetero) is 1. The number of hydrogen-bond donors (Lipinski definition) is 3. The lowest BCUT2D eigenvalue weighted by molar-refractivity contribution is -0.144. The molecule has 60 heavy (non-hydrogen) atoms. The minimum Gasteiger partial charge on any atom is -0.398 e. The van der Waals surface area contributed by atoms with Crippen LogP contribution in [-0.4, -0.2) is 78.9 Å². The number of unbranched alkanes of at least 4 members (excludes halogenated alkanes) is 2. The Kier molecular flexibility index (Phi) is 14.1. The van der Waals surface area contributed by atoms with Crippen molar-refractivity contribution in [1.82, 2.24) is 20.9 Å². The Labute approximate surface area is 356 Å². The molecule has 6 rings (SSSR count). The maximum atomic E-state index is 14.3. The lowest BCUT2D eigenvalue weighted by atomic mass is 9.93. The van der Waals surface area contributed by atoms with Crippen molar-refractivity contribution in [3.05, 3.63) is 109 Å². The van der Waals surface area contributed by atoms with Crippen LogP contribution >= 0.6 is 0 Å². The van der Waals surface area contributed by atoms with Gasteiger partial charge in [0.05, 0.1) is 0 Å². The highest BCUT2D eigenvalue weighted by atomic mass is 28.4. The van der Waals surface area contributed by atoms with E-state index in [-0.39, 0.29) is 35.5 Å². The molecular weight excluding hydrogens is 769 g/mol. The van der Waals surface area contributed by atoms with Crippen LogP contribution in [0.2, 0.25) is 5.04 Å². The lowest BCUT2D eigenvalue weighted by Gasteiger charge is -2.44. The average molecular weight is 831 g/mol.